The van der Waals surface area contributed by atoms with Crippen LogP contribution in [-0.4, -0.2) is 9.55 Å². The Morgan fingerprint density at radius 1 is 1.38 bits per heavy atom. The fraction of sp³-hybridized carbons (Fsp3) is 0.786. The highest BCUT2D eigenvalue weighted by molar-refractivity contribution is 5.24. The lowest BCUT2D eigenvalue weighted by Gasteiger charge is -2.30. The van der Waals surface area contributed by atoms with Crippen molar-refractivity contribution >= 4 is 0 Å². The molecule has 88 valence electrons. The standard InChI is InChI=1S/C14H22N2/c1-10-5-4-8-16-12-9-14(2,3)7-6-11(12)15-13(10)16/h10H,4-9H2,1-3H3. The van der Waals surface area contributed by atoms with Gasteiger partial charge in [-0.05, 0) is 37.5 Å². The summed E-state index contributed by atoms with van der Waals surface area (Å²) >= 11 is 0. The number of aryl methyl sites for hydroxylation is 1. The third kappa shape index (κ3) is 1.50. The Balaban J connectivity index is 2.06. The van der Waals surface area contributed by atoms with Crippen LogP contribution in [0.2, 0.25) is 0 Å². The van der Waals surface area contributed by atoms with Crippen LogP contribution in [0.5, 0.6) is 0 Å². The molecule has 1 aromatic heterocycles. The Morgan fingerprint density at radius 2 is 2.19 bits per heavy atom. The fourth-order valence-electron chi connectivity index (χ4n) is 3.26. The second kappa shape index (κ2) is 3.35. The van der Waals surface area contributed by atoms with Gasteiger partial charge in [-0.3, -0.25) is 0 Å². The molecule has 2 nitrogen and oxygen atoms in total. The van der Waals surface area contributed by atoms with Gasteiger partial charge in [-0.2, -0.15) is 0 Å². The predicted octanol–water partition coefficient (Wildman–Crippen LogP) is 3.30. The number of rotatable bonds is 0. The molecule has 0 saturated heterocycles. The van der Waals surface area contributed by atoms with E-state index >= 15 is 0 Å². The van der Waals surface area contributed by atoms with Crippen molar-refractivity contribution in [2.24, 2.45) is 5.41 Å². The Morgan fingerprint density at radius 3 is 3.00 bits per heavy atom. The van der Waals surface area contributed by atoms with Crippen molar-refractivity contribution in [1.29, 1.82) is 0 Å². The first-order valence-electron chi connectivity index (χ1n) is 6.65. The Hall–Kier alpha value is -0.790. The van der Waals surface area contributed by atoms with Gasteiger partial charge in [0.2, 0.25) is 0 Å². The maximum atomic E-state index is 4.90. The Labute approximate surface area is 98.1 Å². The van der Waals surface area contributed by atoms with E-state index in [0.717, 1.165) is 0 Å². The van der Waals surface area contributed by atoms with Gasteiger partial charge in [0.1, 0.15) is 5.82 Å². The molecular formula is C14H22N2. The van der Waals surface area contributed by atoms with Gasteiger partial charge in [-0.1, -0.05) is 20.8 Å². The average molecular weight is 218 g/mol. The van der Waals surface area contributed by atoms with Crippen LogP contribution in [0, 0.1) is 5.41 Å². The zero-order chi connectivity index (χ0) is 11.3. The van der Waals surface area contributed by atoms with Crippen LogP contribution in [-0.2, 0) is 19.4 Å². The zero-order valence-electron chi connectivity index (χ0n) is 10.7. The number of hydrogen-bond donors (Lipinski definition) is 0. The van der Waals surface area contributed by atoms with Gasteiger partial charge in [-0.25, -0.2) is 4.98 Å². The molecule has 0 fully saturated rings. The molecule has 0 saturated carbocycles. The second-order valence-corrected chi connectivity index (χ2v) is 6.40. The lowest BCUT2D eigenvalue weighted by atomic mass is 9.78. The van der Waals surface area contributed by atoms with Crippen LogP contribution in [0.3, 0.4) is 0 Å². The molecule has 2 heterocycles. The second-order valence-electron chi connectivity index (χ2n) is 6.40. The molecule has 0 radical (unpaired) electrons. The van der Waals surface area contributed by atoms with E-state index < -0.39 is 0 Å². The van der Waals surface area contributed by atoms with Crippen molar-refractivity contribution < 1.29 is 0 Å². The van der Waals surface area contributed by atoms with E-state index in [2.05, 4.69) is 25.3 Å². The summed E-state index contributed by atoms with van der Waals surface area (Å²) in [6.07, 6.45) is 6.36. The van der Waals surface area contributed by atoms with Crippen LogP contribution < -0.4 is 0 Å². The summed E-state index contributed by atoms with van der Waals surface area (Å²) in [4.78, 5) is 4.90. The normalized spacial score (nSPS) is 27.3. The summed E-state index contributed by atoms with van der Waals surface area (Å²) in [5.74, 6) is 2.04. The first-order chi connectivity index (χ1) is 7.57. The molecule has 16 heavy (non-hydrogen) atoms. The summed E-state index contributed by atoms with van der Waals surface area (Å²) in [7, 11) is 0. The van der Waals surface area contributed by atoms with Crippen molar-refractivity contribution in [2.75, 3.05) is 0 Å². The molecule has 2 heteroatoms. The highest BCUT2D eigenvalue weighted by Gasteiger charge is 2.32. The van der Waals surface area contributed by atoms with E-state index in [1.807, 2.05) is 0 Å². The maximum Gasteiger partial charge on any atom is 0.112 e. The molecule has 0 amide bonds. The lowest BCUT2D eigenvalue weighted by Crippen LogP contribution is -2.25. The minimum Gasteiger partial charge on any atom is -0.332 e. The smallest absolute Gasteiger partial charge is 0.112 e. The van der Waals surface area contributed by atoms with Gasteiger partial charge < -0.3 is 4.57 Å². The summed E-state index contributed by atoms with van der Waals surface area (Å²) in [5.41, 5.74) is 3.44. The molecule has 1 aliphatic heterocycles. The lowest BCUT2D eigenvalue weighted by molar-refractivity contribution is 0.301. The quantitative estimate of drug-likeness (QED) is 0.653. The molecule has 0 N–H and O–H groups in total. The highest BCUT2D eigenvalue weighted by atomic mass is 15.1. The SMILES string of the molecule is CC1CCCn2c1nc1c2CC(C)(C)CC1. The van der Waals surface area contributed by atoms with Gasteiger partial charge >= 0.3 is 0 Å². The number of imidazole rings is 1. The van der Waals surface area contributed by atoms with Crippen molar-refractivity contribution in [3.8, 4) is 0 Å². The molecular weight excluding hydrogens is 196 g/mol. The van der Waals surface area contributed by atoms with E-state index in [9.17, 15) is 0 Å². The van der Waals surface area contributed by atoms with Crippen LogP contribution in [0.25, 0.3) is 0 Å². The van der Waals surface area contributed by atoms with Crippen LogP contribution in [0.15, 0.2) is 0 Å². The van der Waals surface area contributed by atoms with Crippen molar-refractivity contribution in [3.63, 3.8) is 0 Å². The average Bonchev–Trinajstić information content (AvgIpc) is 2.57. The topological polar surface area (TPSA) is 17.8 Å². The summed E-state index contributed by atoms with van der Waals surface area (Å²) in [5, 5.41) is 0. The van der Waals surface area contributed by atoms with E-state index in [1.165, 1.54) is 50.2 Å². The number of aromatic nitrogens is 2. The van der Waals surface area contributed by atoms with Crippen molar-refractivity contribution in [2.45, 2.75) is 65.3 Å². The molecule has 1 atom stereocenters. The molecule has 0 bridgehead atoms. The maximum absolute atomic E-state index is 4.90. The van der Waals surface area contributed by atoms with Gasteiger partial charge in [0, 0.05) is 18.2 Å². The largest absolute Gasteiger partial charge is 0.332 e. The third-order valence-corrected chi connectivity index (χ3v) is 4.33. The van der Waals surface area contributed by atoms with E-state index in [1.54, 1.807) is 5.69 Å². The van der Waals surface area contributed by atoms with Gasteiger partial charge in [0.05, 0.1) is 5.69 Å². The van der Waals surface area contributed by atoms with Crippen molar-refractivity contribution in [1.82, 2.24) is 9.55 Å². The highest BCUT2D eigenvalue weighted by Crippen LogP contribution is 2.38. The summed E-state index contributed by atoms with van der Waals surface area (Å²) < 4.78 is 2.53. The van der Waals surface area contributed by atoms with Gasteiger partial charge in [0.25, 0.3) is 0 Å². The third-order valence-electron chi connectivity index (χ3n) is 4.33. The first kappa shape index (κ1) is 10.4. The zero-order valence-corrected chi connectivity index (χ0v) is 10.7. The Bertz CT molecular complexity index is 415. The molecule has 1 aromatic rings. The predicted molar refractivity (Wildman–Crippen MR) is 65.7 cm³/mol. The van der Waals surface area contributed by atoms with Crippen LogP contribution in [0.4, 0.5) is 0 Å². The molecule has 2 aliphatic rings. The molecule has 1 unspecified atom stereocenters. The van der Waals surface area contributed by atoms with E-state index in [-0.39, 0.29) is 0 Å². The van der Waals surface area contributed by atoms with Crippen LogP contribution >= 0.6 is 0 Å². The number of nitrogens with zero attached hydrogens (tertiary/aromatic N) is 2. The Kier molecular flexibility index (Phi) is 2.17. The number of hydrogen-bond acceptors (Lipinski definition) is 1. The molecule has 1 aliphatic carbocycles. The fourth-order valence-corrected chi connectivity index (χ4v) is 3.26. The van der Waals surface area contributed by atoms with E-state index in [0.29, 0.717) is 11.3 Å². The summed E-state index contributed by atoms with van der Waals surface area (Å²) in [6, 6.07) is 0. The number of fused-ring (bicyclic) bond motifs is 3. The summed E-state index contributed by atoms with van der Waals surface area (Å²) in [6.45, 7) is 8.32. The van der Waals surface area contributed by atoms with E-state index in [4.69, 9.17) is 4.98 Å². The first-order valence-corrected chi connectivity index (χ1v) is 6.65. The minimum absolute atomic E-state index is 0.477. The monoisotopic (exact) mass is 218 g/mol. The minimum atomic E-state index is 0.477. The van der Waals surface area contributed by atoms with Gasteiger partial charge in [-0.15, -0.1) is 0 Å². The molecule has 0 spiro atoms. The van der Waals surface area contributed by atoms with Crippen LogP contribution in [0.1, 0.15) is 63.2 Å². The van der Waals surface area contributed by atoms with Crippen molar-refractivity contribution in [3.05, 3.63) is 17.2 Å². The van der Waals surface area contributed by atoms with Gasteiger partial charge in [0.15, 0.2) is 0 Å². The molecule has 3 rings (SSSR count). The molecule has 0 aromatic carbocycles.